The van der Waals surface area contributed by atoms with E-state index in [-0.39, 0.29) is 5.97 Å². The van der Waals surface area contributed by atoms with Crippen LogP contribution in [0, 0.1) is 17.3 Å². The van der Waals surface area contributed by atoms with Crippen LogP contribution in [0.15, 0.2) is 24.0 Å². The van der Waals surface area contributed by atoms with Crippen LogP contribution in [0.5, 0.6) is 0 Å². The molecule has 2 atom stereocenters. The largest absolute Gasteiger partial charge is 0.426 e. The summed E-state index contributed by atoms with van der Waals surface area (Å²) in [5.41, 5.74) is -0.458. The number of fused-ring (bicyclic) bond motifs is 1. The Morgan fingerprint density at radius 3 is 2.88 bits per heavy atom. The lowest BCUT2D eigenvalue weighted by atomic mass is 9.94. The molecule has 0 amide bonds. The highest BCUT2D eigenvalue weighted by Gasteiger charge is 2.28. The van der Waals surface area contributed by atoms with Crippen molar-refractivity contribution in [3.63, 3.8) is 0 Å². The van der Waals surface area contributed by atoms with E-state index in [1.807, 2.05) is 32.9 Å². The smallest absolute Gasteiger partial charge is 0.316 e. The van der Waals surface area contributed by atoms with Gasteiger partial charge in [-0.1, -0.05) is 6.08 Å². The van der Waals surface area contributed by atoms with E-state index >= 15 is 0 Å². The molecule has 0 radical (unpaired) electrons. The van der Waals surface area contributed by atoms with Gasteiger partial charge in [-0.05, 0) is 45.3 Å². The van der Waals surface area contributed by atoms with Gasteiger partial charge in [0.05, 0.1) is 18.6 Å². The van der Waals surface area contributed by atoms with Crippen molar-refractivity contribution in [2.24, 2.45) is 17.3 Å². The van der Waals surface area contributed by atoms with Gasteiger partial charge in [0.15, 0.2) is 0 Å². The molecule has 2 aliphatic rings. The molecule has 1 fully saturated rings. The van der Waals surface area contributed by atoms with Crippen LogP contribution in [-0.4, -0.2) is 19.2 Å². The third-order valence-corrected chi connectivity index (χ3v) is 3.20. The third kappa shape index (κ3) is 2.97. The normalized spacial score (nSPS) is 28.3. The summed E-state index contributed by atoms with van der Waals surface area (Å²) in [6.45, 7) is 7.18. The summed E-state index contributed by atoms with van der Waals surface area (Å²) in [5.74, 6) is 1.50. The molecule has 0 saturated carbocycles. The highest BCUT2D eigenvalue weighted by atomic mass is 16.5. The van der Waals surface area contributed by atoms with Crippen LogP contribution in [0.3, 0.4) is 0 Å². The lowest BCUT2D eigenvalue weighted by Crippen LogP contribution is -2.22. The highest BCUT2D eigenvalue weighted by molar-refractivity contribution is 5.76. The van der Waals surface area contributed by atoms with Gasteiger partial charge >= 0.3 is 5.97 Å². The first kappa shape index (κ1) is 12.4. The molecule has 17 heavy (non-hydrogen) atoms. The van der Waals surface area contributed by atoms with Crippen molar-refractivity contribution in [2.45, 2.75) is 27.2 Å². The Morgan fingerprint density at radius 2 is 2.18 bits per heavy atom. The van der Waals surface area contributed by atoms with Gasteiger partial charge in [-0.15, -0.1) is 0 Å². The van der Waals surface area contributed by atoms with E-state index in [4.69, 9.17) is 9.47 Å². The minimum atomic E-state index is -0.458. The van der Waals surface area contributed by atoms with Gasteiger partial charge in [0.25, 0.3) is 0 Å². The maximum atomic E-state index is 11.8. The van der Waals surface area contributed by atoms with E-state index in [0.717, 1.165) is 19.6 Å². The average Bonchev–Trinajstić information content (AvgIpc) is 2.60. The minimum Gasteiger partial charge on any atom is -0.426 e. The first-order valence-corrected chi connectivity index (χ1v) is 6.15. The number of ether oxygens (including phenoxy) is 2. The first-order chi connectivity index (χ1) is 7.97. The fourth-order valence-corrected chi connectivity index (χ4v) is 1.96. The molecule has 0 aromatic heterocycles. The Kier molecular flexibility index (Phi) is 3.38. The Morgan fingerprint density at radius 1 is 1.41 bits per heavy atom. The predicted octanol–water partition coefficient (Wildman–Crippen LogP) is 2.68. The molecule has 0 unspecified atom stereocenters. The molecular weight excluding hydrogens is 216 g/mol. The van der Waals surface area contributed by atoms with Gasteiger partial charge in [0.2, 0.25) is 0 Å². The van der Waals surface area contributed by atoms with E-state index in [1.165, 1.54) is 0 Å². The molecule has 94 valence electrons. The molecule has 1 heterocycles. The van der Waals surface area contributed by atoms with Crippen molar-refractivity contribution in [1.29, 1.82) is 0 Å². The molecule has 1 saturated heterocycles. The molecule has 3 nitrogen and oxygen atoms in total. The average molecular weight is 236 g/mol. The van der Waals surface area contributed by atoms with Gasteiger partial charge in [0, 0.05) is 5.92 Å². The van der Waals surface area contributed by atoms with Crippen molar-refractivity contribution < 1.29 is 14.3 Å². The van der Waals surface area contributed by atoms with Crippen molar-refractivity contribution in [1.82, 2.24) is 0 Å². The quantitative estimate of drug-likeness (QED) is 0.657. The van der Waals surface area contributed by atoms with E-state index in [1.54, 1.807) is 0 Å². The highest BCUT2D eigenvalue weighted by Crippen LogP contribution is 2.29. The van der Waals surface area contributed by atoms with Gasteiger partial charge in [-0.3, -0.25) is 4.79 Å². The number of hydrogen-bond donors (Lipinski definition) is 0. The predicted molar refractivity (Wildman–Crippen MR) is 65.2 cm³/mol. The standard InChI is InChI=1S/C14H20O3/c1-14(2,3)13(15)17-12-6-4-10-8-16-9-11(10)5-7-12/h4,6-7,10-11H,5,8-9H2,1-3H3/t10-,11+/m0/s1. The van der Waals surface area contributed by atoms with Crippen LogP contribution in [0.2, 0.25) is 0 Å². The van der Waals surface area contributed by atoms with Crippen molar-refractivity contribution in [3.8, 4) is 0 Å². The second-order valence-electron chi connectivity index (χ2n) is 5.80. The Labute approximate surface area is 102 Å². The molecule has 1 aliphatic carbocycles. The lowest BCUT2D eigenvalue weighted by molar-refractivity contribution is -0.148. The summed E-state index contributed by atoms with van der Waals surface area (Å²) in [5, 5.41) is 0. The topological polar surface area (TPSA) is 35.5 Å². The summed E-state index contributed by atoms with van der Waals surface area (Å²) in [7, 11) is 0. The zero-order valence-corrected chi connectivity index (χ0v) is 10.7. The number of hydrogen-bond acceptors (Lipinski definition) is 3. The second kappa shape index (κ2) is 4.65. The first-order valence-electron chi connectivity index (χ1n) is 6.15. The minimum absolute atomic E-state index is 0.184. The molecule has 3 heteroatoms. The zero-order valence-electron chi connectivity index (χ0n) is 10.7. The van der Waals surface area contributed by atoms with Crippen LogP contribution >= 0.6 is 0 Å². The lowest BCUT2D eigenvalue weighted by Gasteiger charge is -2.16. The van der Waals surface area contributed by atoms with E-state index in [2.05, 4.69) is 6.08 Å². The van der Waals surface area contributed by atoms with Crippen LogP contribution in [0.25, 0.3) is 0 Å². The molecule has 0 spiro atoms. The van der Waals surface area contributed by atoms with Crippen LogP contribution in [0.4, 0.5) is 0 Å². The fourth-order valence-electron chi connectivity index (χ4n) is 1.96. The maximum absolute atomic E-state index is 11.8. The van der Waals surface area contributed by atoms with Gasteiger partial charge in [-0.2, -0.15) is 0 Å². The molecule has 2 rings (SSSR count). The number of carbonyl (C=O) groups is 1. The number of rotatable bonds is 1. The molecule has 0 bridgehead atoms. The monoisotopic (exact) mass is 236 g/mol. The summed E-state index contributed by atoms with van der Waals surface area (Å²) in [6.07, 6.45) is 6.93. The molecule has 0 aromatic carbocycles. The number of esters is 1. The van der Waals surface area contributed by atoms with Crippen molar-refractivity contribution in [2.75, 3.05) is 13.2 Å². The number of carbonyl (C=O) groups excluding carboxylic acids is 1. The van der Waals surface area contributed by atoms with E-state index < -0.39 is 5.41 Å². The SMILES string of the molecule is CC(C)(C)C(=O)OC1=CC[C@@H]2COC[C@@H]2C=C1. The number of allylic oxidation sites excluding steroid dienone is 2. The van der Waals surface area contributed by atoms with Crippen LogP contribution < -0.4 is 0 Å². The summed E-state index contributed by atoms with van der Waals surface area (Å²) in [6, 6.07) is 0. The van der Waals surface area contributed by atoms with Gasteiger partial charge in [0.1, 0.15) is 5.76 Å². The second-order valence-corrected chi connectivity index (χ2v) is 5.80. The van der Waals surface area contributed by atoms with E-state index in [0.29, 0.717) is 17.6 Å². The van der Waals surface area contributed by atoms with E-state index in [9.17, 15) is 4.79 Å². The molecule has 0 aromatic rings. The van der Waals surface area contributed by atoms with Crippen LogP contribution in [0.1, 0.15) is 27.2 Å². The van der Waals surface area contributed by atoms with Crippen molar-refractivity contribution >= 4 is 5.97 Å². The molecule has 0 N–H and O–H groups in total. The Balaban J connectivity index is 2.01. The Hall–Kier alpha value is -1.09. The summed E-state index contributed by atoms with van der Waals surface area (Å²) < 4.78 is 10.8. The summed E-state index contributed by atoms with van der Waals surface area (Å²) in [4.78, 5) is 11.8. The van der Waals surface area contributed by atoms with Gasteiger partial charge in [-0.25, -0.2) is 0 Å². The summed E-state index contributed by atoms with van der Waals surface area (Å²) >= 11 is 0. The van der Waals surface area contributed by atoms with Gasteiger partial charge < -0.3 is 9.47 Å². The zero-order chi connectivity index (χ0) is 12.5. The molecular formula is C14H20O3. The van der Waals surface area contributed by atoms with Crippen molar-refractivity contribution in [3.05, 3.63) is 24.0 Å². The maximum Gasteiger partial charge on any atom is 0.316 e. The Bertz CT molecular complexity index is 360. The third-order valence-electron chi connectivity index (χ3n) is 3.20. The fraction of sp³-hybridized carbons (Fsp3) is 0.643. The van der Waals surface area contributed by atoms with Crippen LogP contribution in [-0.2, 0) is 14.3 Å². The molecule has 1 aliphatic heterocycles.